The number of carbonyl (C=O) groups excluding carboxylic acids is 1. The lowest BCUT2D eigenvalue weighted by molar-refractivity contribution is -0.125. The monoisotopic (exact) mass is 314 g/mol. The van der Waals surface area contributed by atoms with Gasteiger partial charge in [-0.05, 0) is 37.0 Å². The quantitative estimate of drug-likeness (QED) is 0.878. The van der Waals surface area contributed by atoms with Crippen LogP contribution in [0, 0.1) is 5.41 Å². The Balaban J connectivity index is 0.00000400. The molecule has 1 amide bonds. The van der Waals surface area contributed by atoms with Crippen LogP contribution < -0.4 is 15.8 Å². The van der Waals surface area contributed by atoms with Gasteiger partial charge in [-0.3, -0.25) is 4.79 Å². The molecule has 4 nitrogen and oxygen atoms in total. The number of rotatable bonds is 5. The predicted octanol–water partition coefficient (Wildman–Crippen LogP) is 3.06. The molecule has 0 saturated heterocycles. The first-order valence-electron chi connectivity index (χ1n) is 7.04. The molecule has 0 aliphatic heterocycles. The summed E-state index contributed by atoms with van der Waals surface area (Å²) in [6, 6.07) is 7.11. The highest BCUT2D eigenvalue weighted by molar-refractivity contribution is 5.85. The molecule has 5 heteroatoms. The van der Waals surface area contributed by atoms with Gasteiger partial charge in [-0.15, -0.1) is 12.4 Å². The Labute approximate surface area is 133 Å². The van der Waals surface area contributed by atoms with Crippen LogP contribution in [-0.2, 0) is 4.79 Å². The van der Waals surface area contributed by atoms with Crippen molar-refractivity contribution in [3.8, 4) is 5.75 Å². The number of benzene rings is 1. The number of amides is 1. The van der Waals surface area contributed by atoms with Crippen molar-refractivity contribution in [2.45, 2.75) is 46.7 Å². The molecule has 1 aromatic carbocycles. The first kappa shape index (κ1) is 19.7. The Morgan fingerprint density at radius 2 is 2.00 bits per heavy atom. The van der Waals surface area contributed by atoms with Crippen LogP contribution in [0.15, 0.2) is 24.3 Å². The van der Waals surface area contributed by atoms with Crippen LogP contribution in [-0.4, -0.2) is 18.6 Å². The number of nitrogens with one attached hydrogen (secondary N) is 1. The Hall–Kier alpha value is -1.26. The number of hydrogen-bond donors (Lipinski definition) is 2. The van der Waals surface area contributed by atoms with Crippen molar-refractivity contribution in [1.82, 2.24) is 5.32 Å². The van der Waals surface area contributed by atoms with Crippen molar-refractivity contribution in [2.75, 3.05) is 6.61 Å². The molecule has 0 fully saturated rings. The van der Waals surface area contributed by atoms with E-state index in [0.717, 1.165) is 11.3 Å². The second-order valence-corrected chi connectivity index (χ2v) is 6.08. The summed E-state index contributed by atoms with van der Waals surface area (Å²) >= 11 is 0. The zero-order chi connectivity index (χ0) is 15.3. The van der Waals surface area contributed by atoms with E-state index in [9.17, 15) is 4.79 Å². The highest BCUT2D eigenvalue weighted by Crippen LogP contribution is 2.21. The van der Waals surface area contributed by atoms with Crippen LogP contribution in [0.25, 0.3) is 0 Å². The van der Waals surface area contributed by atoms with Crippen LogP contribution in [0.4, 0.5) is 0 Å². The molecule has 0 radical (unpaired) electrons. The molecule has 0 spiro atoms. The van der Waals surface area contributed by atoms with E-state index in [4.69, 9.17) is 10.5 Å². The lowest BCUT2D eigenvalue weighted by Crippen LogP contribution is -2.49. The second kappa shape index (κ2) is 8.25. The number of carbonyl (C=O) groups is 1. The van der Waals surface area contributed by atoms with Crippen molar-refractivity contribution in [2.24, 2.45) is 11.1 Å². The summed E-state index contributed by atoms with van der Waals surface area (Å²) < 4.78 is 5.47. The largest absolute Gasteiger partial charge is 0.494 e. The smallest absolute Gasteiger partial charge is 0.237 e. The fourth-order valence-electron chi connectivity index (χ4n) is 1.82. The van der Waals surface area contributed by atoms with Gasteiger partial charge in [-0.25, -0.2) is 0 Å². The summed E-state index contributed by atoms with van der Waals surface area (Å²) in [5.74, 6) is 0.679. The molecule has 0 heterocycles. The lowest BCUT2D eigenvalue weighted by Gasteiger charge is -2.27. The molecule has 0 aliphatic carbocycles. The molecule has 0 aromatic heterocycles. The van der Waals surface area contributed by atoms with E-state index in [0.29, 0.717) is 6.61 Å². The van der Waals surface area contributed by atoms with Gasteiger partial charge in [0.05, 0.1) is 18.7 Å². The van der Waals surface area contributed by atoms with Gasteiger partial charge in [0.2, 0.25) is 5.91 Å². The first-order valence-corrected chi connectivity index (χ1v) is 7.04. The molecular weight excluding hydrogens is 288 g/mol. The lowest BCUT2D eigenvalue weighted by atomic mass is 9.86. The minimum Gasteiger partial charge on any atom is -0.494 e. The summed E-state index contributed by atoms with van der Waals surface area (Å²) in [6.45, 7) is 10.4. The maximum atomic E-state index is 12.1. The SMILES string of the molecule is CCOc1cccc(C(C)NC(=O)[C@@H](N)C(C)(C)C)c1.Cl. The zero-order valence-electron chi connectivity index (χ0n) is 13.5. The summed E-state index contributed by atoms with van der Waals surface area (Å²) in [5, 5.41) is 2.95. The minimum atomic E-state index is -0.528. The molecular formula is C16H27ClN2O2. The van der Waals surface area contributed by atoms with Gasteiger partial charge in [0.25, 0.3) is 0 Å². The first-order chi connectivity index (χ1) is 9.25. The Morgan fingerprint density at radius 3 is 2.52 bits per heavy atom. The van der Waals surface area contributed by atoms with Crippen molar-refractivity contribution in [1.29, 1.82) is 0 Å². The van der Waals surface area contributed by atoms with E-state index in [2.05, 4.69) is 5.32 Å². The summed E-state index contributed by atoms with van der Waals surface area (Å²) in [6.07, 6.45) is 0. The number of halogens is 1. The van der Waals surface area contributed by atoms with Gasteiger partial charge < -0.3 is 15.8 Å². The number of nitrogens with two attached hydrogens (primary N) is 1. The number of ether oxygens (including phenoxy) is 1. The van der Waals surface area contributed by atoms with E-state index < -0.39 is 6.04 Å². The maximum Gasteiger partial charge on any atom is 0.237 e. The molecule has 120 valence electrons. The van der Waals surface area contributed by atoms with E-state index >= 15 is 0 Å². The normalized spacial score (nSPS) is 13.8. The number of hydrogen-bond acceptors (Lipinski definition) is 3. The highest BCUT2D eigenvalue weighted by Gasteiger charge is 2.28. The predicted molar refractivity (Wildman–Crippen MR) is 88.8 cm³/mol. The van der Waals surface area contributed by atoms with Crippen molar-refractivity contribution in [3.63, 3.8) is 0 Å². The molecule has 2 atom stereocenters. The second-order valence-electron chi connectivity index (χ2n) is 6.08. The van der Waals surface area contributed by atoms with E-state index in [1.54, 1.807) is 0 Å². The average Bonchev–Trinajstić information content (AvgIpc) is 2.37. The van der Waals surface area contributed by atoms with E-state index in [1.807, 2.05) is 58.9 Å². The van der Waals surface area contributed by atoms with Gasteiger partial charge in [-0.1, -0.05) is 32.9 Å². The average molecular weight is 315 g/mol. The molecule has 21 heavy (non-hydrogen) atoms. The Bertz CT molecular complexity index is 458. The fourth-order valence-corrected chi connectivity index (χ4v) is 1.82. The Morgan fingerprint density at radius 1 is 1.38 bits per heavy atom. The third-order valence-corrected chi connectivity index (χ3v) is 3.24. The van der Waals surface area contributed by atoms with E-state index in [-0.39, 0.29) is 29.8 Å². The van der Waals surface area contributed by atoms with Crippen LogP contribution in [0.2, 0.25) is 0 Å². The molecule has 0 aliphatic rings. The third-order valence-electron chi connectivity index (χ3n) is 3.24. The summed E-state index contributed by atoms with van der Waals surface area (Å²) in [4.78, 5) is 12.1. The molecule has 0 bridgehead atoms. The highest BCUT2D eigenvalue weighted by atomic mass is 35.5. The van der Waals surface area contributed by atoms with Gasteiger partial charge in [0, 0.05) is 0 Å². The zero-order valence-corrected chi connectivity index (χ0v) is 14.3. The molecule has 1 rings (SSSR count). The Kier molecular flexibility index (Phi) is 7.75. The minimum absolute atomic E-state index is 0. The van der Waals surface area contributed by atoms with Crippen molar-refractivity contribution < 1.29 is 9.53 Å². The van der Waals surface area contributed by atoms with Crippen LogP contribution in [0.5, 0.6) is 5.75 Å². The molecule has 1 aromatic rings. The van der Waals surface area contributed by atoms with Crippen molar-refractivity contribution >= 4 is 18.3 Å². The maximum absolute atomic E-state index is 12.1. The van der Waals surface area contributed by atoms with E-state index in [1.165, 1.54) is 0 Å². The van der Waals surface area contributed by atoms with Gasteiger partial charge in [-0.2, -0.15) is 0 Å². The van der Waals surface area contributed by atoms with Crippen LogP contribution in [0.1, 0.15) is 46.2 Å². The fraction of sp³-hybridized carbons (Fsp3) is 0.562. The van der Waals surface area contributed by atoms with Crippen LogP contribution >= 0.6 is 12.4 Å². The standard InChI is InChI=1S/C16H26N2O2.ClH/c1-6-20-13-9-7-8-12(10-13)11(2)18-15(19)14(17)16(3,4)5;/h7-11,14H,6,17H2,1-5H3,(H,18,19);1H/t11?,14-;/m1./s1. The van der Waals surface area contributed by atoms with Crippen molar-refractivity contribution in [3.05, 3.63) is 29.8 Å². The molecule has 3 N–H and O–H groups in total. The van der Waals surface area contributed by atoms with Gasteiger partial charge >= 0.3 is 0 Å². The summed E-state index contributed by atoms with van der Waals surface area (Å²) in [7, 11) is 0. The van der Waals surface area contributed by atoms with Gasteiger partial charge in [0.15, 0.2) is 0 Å². The topological polar surface area (TPSA) is 64.3 Å². The molecule has 1 unspecified atom stereocenters. The van der Waals surface area contributed by atoms with Crippen LogP contribution in [0.3, 0.4) is 0 Å². The third kappa shape index (κ3) is 5.94. The summed E-state index contributed by atoms with van der Waals surface area (Å²) in [5.41, 5.74) is 6.71. The molecule has 0 saturated carbocycles. The van der Waals surface area contributed by atoms with Gasteiger partial charge in [0.1, 0.15) is 5.75 Å².